The first kappa shape index (κ1) is 14.3. The van der Waals surface area contributed by atoms with Gasteiger partial charge in [-0.15, -0.1) is 11.3 Å². The molecule has 0 saturated heterocycles. The van der Waals surface area contributed by atoms with Gasteiger partial charge in [0.25, 0.3) is 0 Å². The molecule has 0 fully saturated rings. The van der Waals surface area contributed by atoms with Crippen LogP contribution in [0.5, 0.6) is 0 Å². The molecule has 1 heterocycles. The molecular formula is C16H18N2OS. The Labute approximate surface area is 123 Å². The molecule has 2 aromatic rings. The van der Waals surface area contributed by atoms with Gasteiger partial charge in [-0.05, 0) is 42.1 Å². The molecule has 0 aliphatic carbocycles. The Morgan fingerprint density at radius 2 is 2.00 bits per heavy atom. The highest BCUT2D eigenvalue weighted by atomic mass is 32.1. The van der Waals surface area contributed by atoms with Crippen LogP contribution >= 0.6 is 11.3 Å². The van der Waals surface area contributed by atoms with Gasteiger partial charge in [0.1, 0.15) is 0 Å². The van der Waals surface area contributed by atoms with Crippen molar-refractivity contribution in [3.8, 4) is 0 Å². The second kappa shape index (κ2) is 6.39. The highest BCUT2D eigenvalue weighted by molar-refractivity contribution is 7.10. The van der Waals surface area contributed by atoms with E-state index >= 15 is 0 Å². The summed E-state index contributed by atoms with van der Waals surface area (Å²) in [4.78, 5) is 15.1. The third kappa shape index (κ3) is 3.48. The first-order valence-electron chi connectivity index (χ1n) is 6.42. The number of thiophene rings is 1. The minimum atomic E-state index is -0.0114. The molecule has 0 aliphatic rings. The Balaban J connectivity index is 2.02. The van der Waals surface area contributed by atoms with E-state index < -0.39 is 0 Å². The number of likely N-dealkylation sites (N-methyl/N-ethyl adjacent to an activating group) is 1. The topological polar surface area (TPSA) is 46.3 Å². The number of amides is 1. The van der Waals surface area contributed by atoms with E-state index in [1.54, 1.807) is 28.4 Å². The highest BCUT2D eigenvalue weighted by Gasteiger charge is 2.15. The van der Waals surface area contributed by atoms with Crippen LogP contribution in [-0.2, 0) is 4.79 Å². The number of nitrogen functional groups attached to an aromatic ring is 1. The zero-order valence-electron chi connectivity index (χ0n) is 11.6. The van der Waals surface area contributed by atoms with Gasteiger partial charge < -0.3 is 10.6 Å². The number of nitrogens with two attached hydrogens (primary N) is 1. The quantitative estimate of drug-likeness (QED) is 0.690. The van der Waals surface area contributed by atoms with Crippen molar-refractivity contribution >= 4 is 29.0 Å². The van der Waals surface area contributed by atoms with Gasteiger partial charge in [0.15, 0.2) is 0 Å². The van der Waals surface area contributed by atoms with E-state index in [0.717, 1.165) is 11.3 Å². The van der Waals surface area contributed by atoms with E-state index in [1.165, 1.54) is 4.88 Å². The van der Waals surface area contributed by atoms with Gasteiger partial charge in [-0.3, -0.25) is 4.79 Å². The molecule has 0 radical (unpaired) electrons. The van der Waals surface area contributed by atoms with Crippen LogP contribution in [0.15, 0.2) is 47.9 Å². The van der Waals surface area contributed by atoms with Crippen molar-refractivity contribution in [2.24, 2.45) is 0 Å². The van der Waals surface area contributed by atoms with Gasteiger partial charge in [0, 0.05) is 23.7 Å². The lowest BCUT2D eigenvalue weighted by atomic mass is 10.2. The Bertz CT molecular complexity index is 587. The van der Waals surface area contributed by atoms with E-state index in [4.69, 9.17) is 5.73 Å². The molecule has 1 unspecified atom stereocenters. The number of carbonyl (C=O) groups is 1. The maximum Gasteiger partial charge on any atom is 0.246 e. The fourth-order valence-electron chi connectivity index (χ4n) is 1.80. The lowest BCUT2D eigenvalue weighted by molar-refractivity contribution is -0.126. The van der Waals surface area contributed by atoms with Crippen molar-refractivity contribution in [3.05, 3.63) is 58.3 Å². The van der Waals surface area contributed by atoms with E-state index in [1.807, 2.05) is 55.7 Å². The van der Waals surface area contributed by atoms with Crippen molar-refractivity contribution < 1.29 is 4.79 Å². The largest absolute Gasteiger partial charge is 0.399 e. The molecule has 0 saturated carbocycles. The van der Waals surface area contributed by atoms with Gasteiger partial charge in [-0.1, -0.05) is 18.2 Å². The number of carbonyl (C=O) groups excluding carboxylic acids is 1. The number of hydrogen-bond acceptors (Lipinski definition) is 3. The van der Waals surface area contributed by atoms with Crippen LogP contribution < -0.4 is 5.73 Å². The summed E-state index contributed by atoms with van der Waals surface area (Å²) in [5.74, 6) is -0.0114. The average Bonchev–Trinajstić information content (AvgIpc) is 2.99. The lowest BCUT2D eigenvalue weighted by Crippen LogP contribution is -2.27. The van der Waals surface area contributed by atoms with Crippen LogP contribution in [0.25, 0.3) is 6.08 Å². The summed E-state index contributed by atoms with van der Waals surface area (Å²) >= 11 is 1.66. The maximum atomic E-state index is 12.1. The number of nitrogens with zero attached hydrogens (tertiary/aromatic N) is 1. The van der Waals surface area contributed by atoms with Gasteiger partial charge in [0.2, 0.25) is 5.91 Å². The smallest absolute Gasteiger partial charge is 0.246 e. The van der Waals surface area contributed by atoms with Crippen LogP contribution in [-0.4, -0.2) is 17.9 Å². The fourth-order valence-corrected chi connectivity index (χ4v) is 2.63. The zero-order chi connectivity index (χ0) is 14.5. The molecule has 4 heteroatoms. The van der Waals surface area contributed by atoms with Crippen molar-refractivity contribution in [1.82, 2.24) is 4.90 Å². The van der Waals surface area contributed by atoms with E-state index in [-0.39, 0.29) is 11.9 Å². The number of hydrogen-bond donors (Lipinski definition) is 1. The predicted octanol–water partition coefficient (Wildman–Crippen LogP) is 3.56. The molecule has 0 spiro atoms. The molecule has 1 atom stereocenters. The van der Waals surface area contributed by atoms with Gasteiger partial charge in [-0.2, -0.15) is 0 Å². The molecule has 3 nitrogen and oxygen atoms in total. The predicted molar refractivity (Wildman–Crippen MR) is 85.4 cm³/mol. The minimum Gasteiger partial charge on any atom is -0.399 e. The SMILES string of the molecule is CC(c1cccs1)N(C)C(=O)/C=C/c1ccc(N)cc1. The van der Waals surface area contributed by atoms with Crippen molar-refractivity contribution in [1.29, 1.82) is 0 Å². The third-order valence-electron chi connectivity index (χ3n) is 3.24. The summed E-state index contributed by atoms with van der Waals surface area (Å²) in [5.41, 5.74) is 7.31. The second-order valence-electron chi connectivity index (χ2n) is 4.64. The van der Waals surface area contributed by atoms with Gasteiger partial charge in [-0.25, -0.2) is 0 Å². The molecule has 1 aromatic heterocycles. The molecule has 2 rings (SSSR count). The Morgan fingerprint density at radius 3 is 2.60 bits per heavy atom. The summed E-state index contributed by atoms with van der Waals surface area (Å²) in [6.07, 6.45) is 3.40. The minimum absolute atomic E-state index is 0.0114. The molecule has 0 bridgehead atoms. The van der Waals surface area contributed by atoms with Crippen molar-refractivity contribution in [2.75, 3.05) is 12.8 Å². The zero-order valence-corrected chi connectivity index (χ0v) is 12.4. The van der Waals surface area contributed by atoms with Crippen molar-refractivity contribution in [3.63, 3.8) is 0 Å². The first-order valence-corrected chi connectivity index (χ1v) is 7.29. The third-order valence-corrected chi connectivity index (χ3v) is 4.28. The van der Waals surface area contributed by atoms with Crippen LogP contribution in [0, 0.1) is 0 Å². The average molecular weight is 286 g/mol. The second-order valence-corrected chi connectivity index (χ2v) is 5.62. The number of benzene rings is 1. The van der Waals surface area contributed by atoms with Crippen molar-refractivity contribution in [2.45, 2.75) is 13.0 Å². The van der Waals surface area contributed by atoms with Crippen LogP contribution in [0.3, 0.4) is 0 Å². The molecule has 0 aliphatic heterocycles. The van der Waals surface area contributed by atoms with E-state index in [2.05, 4.69) is 0 Å². The van der Waals surface area contributed by atoms with Crippen LogP contribution in [0.4, 0.5) is 5.69 Å². The monoisotopic (exact) mass is 286 g/mol. The van der Waals surface area contributed by atoms with Gasteiger partial charge in [0.05, 0.1) is 6.04 Å². The molecular weight excluding hydrogens is 268 g/mol. The highest BCUT2D eigenvalue weighted by Crippen LogP contribution is 2.23. The maximum absolute atomic E-state index is 12.1. The van der Waals surface area contributed by atoms with Gasteiger partial charge >= 0.3 is 0 Å². The standard InChI is InChI=1S/C16H18N2OS/c1-12(15-4-3-11-20-15)18(2)16(19)10-7-13-5-8-14(17)9-6-13/h3-12H,17H2,1-2H3/b10-7+. The fraction of sp³-hybridized carbons (Fsp3) is 0.188. The lowest BCUT2D eigenvalue weighted by Gasteiger charge is -2.22. The normalized spacial score (nSPS) is 12.5. The number of rotatable bonds is 4. The summed E-state index contributed by atoms with van der Waals surface area (Å²) in [6, 6.07) is 11.5. The van der Waals surface area contributed by atoms with Crippen LogP contribution in [0.1, 0.15) is 23.4 Å². The first-order chi connectivity index (χ1) is 9.58. The van der Waals surface area contributed by atoms with Crippen LogP contribution in [0.2, 0.25) is 0 Å². The molecule has 1 aromatic carbocycles. The Morgan fingerprint density at radius 1 is 1.30 bits per heavy atom. The summed E-state index contributed by atoms with van der Waals surface area (Å²) < 4.78 is 0. The van der Waals surface area contributed by atoms with E-state index in [0.29, 0.717) is 0 Å². The van der Waals surface area contributed by atoms with E-state index in [9.17, 15) is 4.79 Å². The molecule has 20 heavy (non-hydrogen) atoms. The molecule has 1 amide bonds. The number of anilines is 1. The summed E-state index contributed by atoms with van der Waals surface area (Å²) in [7, 11) is 1.82. The molecule has 2 N–H and O–H groups in total. The Hall–Kier alpha value is -2.07. The Kier molecular flexibility index (Phi) is 4.58. The summed E-state index contributed by atoms with van der Waals surface area (Å²) in [6.45, 7) is 2.03. The molecule has 104 valence electrons. The summed E-state index contributed by atoms with van der Waals surface area (Å²) in [5, 5.41) is 2.02.